The summed E-state index contributed by atoms with van der Waals surface area (Å²) in [5.74, 6) is -0.164. The zero-order valence-electron chi connectivity index (χ0n) is 30.5. The summed E-state index contributed by atoms with van der Waals surface area (Å²) < 4.78 is 0. The van der Waals surface area contributed by atoms with Crippen LogP contribution in [0.1, 0.15) is 194 Å². The van der Waals surface area contributed by atoms with E-state index < -0.39 is 18.2 Å². The Balaban J connectivity index is 3.73. The number of carbonyl (C=O) groups is 1. The van der Waals surface area contributed by atoms with E-state index in [1.807, 2.05) is 0 Å². The van der Waals surface area contributed by atoms with Crippen molar-refractivity contribution in [3.63, 3.8) is 0 Å². The Kier molecular flexibility index (Phi) is 35.3. The molecule has 0 aliphatic carbocycles. The molecule has 1 amide bonds. The predicted octanol–water partition coefficient (Wildman–Crippen LogP) is 10.8. The van der Waals surface area contributed by atoms with Crippen molar-refractivity contribution in [2.24, 2.45) is 0 Å². The molecule has 0 saturated heterocycles. The molecule has 270 valence electrons. The molecule has 0 rings (SSSR count). The summed E-state index contributed by atoms with van der Waals surface area (Å²) in [6.45, 7) is 4.12. The molecule has 5 nitrogen and oxygen atoms in total. The standard InChI is InChI=1S/C41H77NO4/c1-3-5-7-9-11-13-15-17-19-20-22-24-26-28-30-32-34-36-40(45)42-38(37-43)41(46)39(44)35-33-31-29-27-25-23-21-18-16-14-12-10-8-6-4-2/h11,13,17,19,27,29,38-39,41,43-44,46H,3-10,12,14-16,18,20-26,28,30-37H2,1-2H3,(H,42,45)/b13-11-,19-17-,29-27+. The van der Waals surface area contributed by atoms with Gasteiger partial charge in [0.05, 0.1) is 18.8 Å². The fourth-order valence-corrected chi connectivity index (χ4v) is 5.84. The van der Waals surface area contributed by atoms with Crippen LogP contribution in [0.3, 0.4) is 0 Å². The van der Waals surface area contributed by atoms with E-state index in [0.29, 0.717) is 12.8 Å². The van der Waals surface area contributed by atoms with E-state index >= 15 is 0 Å². The van der Waals surface area contributed by atoms with Gasteiger partial charge in [-0.2, -0.15) is 0 Å². The summed E-state index contributed by atoms with van der Waals surface area (Å²) in [6.07, 6.45) is 43.8. The number of nitrogens with one attached hydrogen (secondary N) is 1. The molecule has 0 aromatic heterocycles. The van der Waals surface area contributed by atoms with Crippen LogP contribution in [0.4, 0.5) is 0 Å². The highest BCUT2D eigenvalue weighted by Gasteiger charge is 2.26. The number of hydrogen-bond donors (Lipinski definition) is 4. The molecule has 0 saturated carbocycles. The second kappa shape index (κ2) is 36.4. The van der Waals surface area contributed by atoms with Crippen LogP contribution in [0.15, 0.2) is 36.5 Å². The lowest BCUT2D eigenvalue weighted by atomic mass is 10.0. The van der Waals surface area contributed by atoms with Gasteiger partial charge in [0.2, 0.25) is 5.91 Å². The molecule has 4 N–H and O–H groups in total. The third kappa shape index (κ3) is 31.2. The van der Waals surface area contributed by atoms with Gasteiger partial charge < -0.3 is 20.6 Å². The topological polar surface area (TPSA) is 89.8 Å². The maximum absolute atomic E-state index is 12.4. The average molecular weight is 648 g/mol. The second-order valence-corrected chi connectivity index (χ2v) is 13.5. The lowest BCUT2D eigenvalue weighted by molar-refractivity contribution is -0.124. The smallest absolute Gasteiger partial charge is 0.220 e. The average Bonchev–Trinajstić information content (AvgIpc) is 3.06. The van der Waals surface area contributed by atoms with E-state index in [4.69, 9.17) is 0 Å². The lowest BCUT2D eigenvalue weighted by Crippen LogP contribution is -2.50. The largest absolute Gasteiger partial charge is 0.394 e. The van der Waals surface area contributed by atoms with E-state index in [9.17, 15) is 20.1 Å². The number of hydrogen-bond acceptors (Lipinski definition) is 4. The molecule has 3 unspecified atom stereocenters. The molecule has 0 radical (unpaired) electrons. The van der Waals surface area contributed by atoms with Crippen molar-refractivity contribution in [3.8, 4) is 0 Å². The van der Waals surface area contributed by atoms with E-state index in [-0.39, 0.29) is 12.5 Å². The molecule has 3 atom stereocenters. The normalized spacial score (nSPS) is 14.1. The summed E-state index contributed by atoms with van der Waals surface area (Å²) in [5.41, 5.74) is 0. The highest BCUT2D eigenvalue weighted by Crippen LogP contribution is 2.14. The molecule has 5 heteroatoms. The number of carbonyl (C=O) groups excluding carboxylic acids is 1. The minimum atomic E-state index is -1.16. The van der Waals surface area contributed by atoms with Crippen molar-refractivity contribution >= 4 is 5.91 Å². The Morgan fingerprint density at radius 3 is 1.43 bits per heavy atom. The summed E-state index contributed by atoms with van der Waals surface area (Å²) in [7, 11) is 0. The SMILES string of the molecule is CCCCC/C=C\C/C=C\CCCCCCCCCC(=O)NC(CO)C(O)C(O)CCC/C=C/CCCCCCCCCCCC. The number of amides is 1. The summed E-state index contributed by atoms with van der Waals surface area (Å²) in [5, 5.41) is 33.4. The molecule has 0 fully saturated rings. The van der Waals surface area contributed by atoms with Gasteiger partial charge in [0.25, 0.3) is 0 Å². The quantitative estimate of drug-likeness (QED) is 0.0407. The highest BCUT2D eigenvalue weighted by molar-refractivity contribution is 5.76. The van der Waals surface area contributed by atoms with Crippen LogP contribution in [0.25, 0.3) is 0 Å². The second-order valence-electron chi connectivity index (χ2n) is 13.5. The maximum atomic E-state index is 12.4. The molecule has 0 bridgehead atoms. The van der Waals surface area contributed by atoms with Crippen molar-refractivity contribution in [2.75, 3.05) is 6.61 Å². The van der Waals surface area contributed by atoms with Crippen molar-refractivity contribution in [2.45, 2.75) is 212 Å². The van der Waals surface area contributed by atoms with Gasteiger partial charge in [-0.25, -0.2) is 0 Å². The van der Waals surface area contributed by atoms with Crippen LogP contribution in [0.5, 0.6) is 0 Å². The zero-order chi connectivity index (χ0) is 33.8. The Labute approximate surface area is 285 Å². The van der Waals surface area contributed by atoms with Crippen molar-refractivity contribution in [3.05, 3.63) is 36.5 Å². The molecule has 0 aliphatic heterocycles. The summed E-state index contributed by atoms with van der Waals surface area (Å²) in [4.78, 5) is 12.4. The number of unbranched alkanes of at least 4 members (excludes halogenated alkanes) is 21. The van der Waals surface area contributed by atoms with Crippen LogP contribution in [0.2, 0.25) is 0 Å². The van der Waals surface area contributed by atoms with Crippen LogP contribution >= 0.6 is 0 Å². The van der Waals surface area contributed by atoms with E-state index in [0.717, 1.165) is 51.4 Å². The van der Waals surface area contributed by atoms with Gasteiger partial charge >= 0.3 is 0 Å². The lowest BCUT2D eigenvalue weighted by Gasteiger charge is -2.26. The van der Waals surface area contributed by atoms with E-state index in [2.05, 4.69) is 55.6 Å². The van der Waals surface area contributed by atoms with Gasteiger partial charge in [0.1, 0.15) is 6.10 Å². The molecule has 0 aliphatic rings. The summed E-state index contributed by atoms with van der Waals surface area (Å²) >= 11 is 0. The molecular formula is C41H77NO4. The van der Waals surface area contributed by atoms with Crippen molar-refractivity contribution in [1.82, 2.24) is 5.32 Å². The van der Waals surface area contributed by atoms with Crippen LogP contribution in [0, 0.1) is 0 Å². The summed E-state index contributed by atoms with van der Waals surface area (Å²) in [6, 6.07) is -0.828. The predicted molar refractivity (Wildman–Crippen MR) is 199 cm³/mol. The van der Waals surface area contributed by atoms with Gasteiger partial charge in [-0.1, -0.05) is 153 Å². The van der Waals surface area contributed by atoms with Crippen LogP contribution in [-0.4, -0.2) is 46.1 Å². The van der Waals surface area contributed by atoms with Gasteiger partial charge in [-0.05, 0) is 70.6 Å². The fraction of sp³-hybridized carbons (Fsp3) is 0.829. The number of aliphatic hydroxyl groups is 3. The molecule has 0 spiro atoms. The van der Waals surface area contributed by atoms with Gasteiger partial charge in [-0.3, -0.25) is 4.79 Å². The minimum absolute atomic E-state index is 0.164. The zero-order valence-corrected chi connectivity index (χ0v) is 30.5. The first-order chi connectivity index (χ1) is 22.6. The molecule has 0 heterocycles. The number of allylic oxidation sites excluding steroid dienone is 6. The van der Waals surface area contributed by atoms with E-state index in [1.165, 1.54) is 116 Å². The minimum Gasteiger partial charge on any atom is -0.394 e. The molecule has 46 heavy (non-hydrogen) atoms. The first-order valence-corrected chi connectivity index (χ1v) is 19.8. The Hall–Kier alpha value is -1.43. The first kappa shape index (κ1) is 44.6. The first-order valence-electron chi connectivity index (χ1n) is 19.8. The maximum Gasteiger partial charge on any atom is 0.220 e. The van der Waals surface area contributed by atoms with Crippen molar-refractivity contribution in [1.29, 1.82) is 0 Å². The Morgan fingerprint density at radius 2 is 0.935 bits per heavy atom. The van der Waals surface area contributed by atoms with Gasteiger partial charge in [0.15, 0.2) is 0 Å². The number of rotatable bonds is 35. The Bertz CT molecular complexity index is 719. The highest BCUT2D eigenvalue weighted by atomic mass is 16.3. The third-order valence-corrected chi connectivity index (χ3v) is 8.97. The third-order valence-electron chi connectivity index (χ3n) is 8.97. The molecule has 0 aromatic rings. The van der Waals surface area contributed by atoms with Crippen molar-refractivity contribution < 1.29 is 20.1 Å². The van der Waals surface area contributed by atoms with Crippen LogP contribution < -0.4 is 5.32 Å². The molecule has 0 aromatic carbocycles. The fourth-order valence-electron chi connectivity index (χ4n) is 5.84. The van der Waals surface area contributed by atoms with E-state index in [1.54, 1.807) is 0 Å². The van der Waals surface area contributed by atoms with Gasteiger partial charge in [-0.15, -0.1) is 0 Å². The number of aliphatic hydroxyl groups excluding tert-OH is 3. The molecular weight excluding hydrogens is 570 g/mol. The van der Waals surface area contributed by atoms with Crippen LogP contribution in [-0.2, 0) is 4.79 Å². The monoisotopic (exact) mass is 648 g/mol. The Morgan fingerprint density at radius 1 is 0.543 bits per heavy atom. The van der Waals surface area contributed by atoms with Gasteiger partial charge in [0, 0.05) is 6.42 Å².